The number of rotatable bonds is 4. The Balaban J connectivity index is 1.67. The van der Waals surface area contributed by atoms with Crippen molar-refractivity contribution in [2.24, 2.45) is 5.41 Å². The van der Waals surface area contributed by atoms with Crippen molar-refractivity contribution < 1.29 is 4.42 Å². The van der Waals surface area contributed by atoms with Gasteiger partial charge in [0.05, 0.1) is 12.1 Å². The lowest BCUT2D eigenvalue weighted by Gasteiger charge is -2.27. The molecule has 1 aromatic heterocycles. The van der Waals surface area contributed by atoms with Gasteiger partial charge in [-0.2, -0.15) is 0 Å². The molecule has 21 heavy (non-hydrogen) atoms. The molecule has 3 rings (SSSR count). The van der Waals surface area contributed by atoms with Gasteiger partial charge in [-0.1, -0.05) is 32.4 Å². The van der Waals surface area contributed by atoms with Crippen LogP contribution in [0.3, 0.4) is 0 Å². The highest BCUT2D eigenvalue weighted by Gasteiger charge is 2.34. The summed E-state index contributed by atoms with van der Waals surface area (Å²) in [6, 6.07) is 8.39. The summed E-state index contributed by atoms with van der Waals surface area (Å²) in [6.45, 7) is 5.27. The molecule has 1 heterocycles. The molecule has 1 fully saturated rings. The Morgan fingerprint density at radius 2 is 2.14 bits per heavy atom. The van der Waals surface area contributed by atoms with Gasteiger partial charge in [0.2, 0.25) is 11.8 Å². The minimum Gasteiger partial charge on any atom is -0.419 e. The molecular weight excluding hydrogens is 330 g/mol. The fourth-order valence-electron chi connectivity index (χ4n) is 2.98. The molecule has 0 spiro atoms. The molecule has 0 bridgehead atoms. The first-order chi connectivity index (χ1) is 10.1. The number of hydrogen-bond acceptors (Lipinski definition) is 4. The molecule has 1 aliphatic carbocycles. The molecule has 0 saturated heterocycles. The van der Waals surface area contributed by atoms with E-state index in [0.29, 0.717) is 29.8 Å². The van der Waals surface area contributed by atoms with E-state index >= 15 is 0 Å². The van der Waals surface area contributed by atoms with Crippen molar-refractivity contribution >= 4 is 15.9 Å². The monoisotopic (exact) mass is 349 g/mol. The number of aromatic nitrogens is 2. The van der Waals surface area contributed by atoms with Crippen molar-refractivity contribution in [1.29, 1.82) is 0 Å². The van der Waals surface area contributed by atoms with Crippen molar-refractivity contribution in [3.63, 3.8) is 0 Å². The van der Waals surface area contributed by atoms with Gasteiger partial charge in [-0.3, -0.25) is 0 Å². The van der Waals surface area contributed by atoms with E-state index in [1.165, 1.54) is 19.3 Å². The van der Waals surface area contributed by atoms with E-state index in [-0.39, 0.29) is 0 Å². The number of nitrogens with one attached hydrogen (secondary N) is 1. The lowest BCUT2D eigenvalue weighted by atomic mass is 9.87. The highest BCUT2D eigenvalue weighted by molar-refractivity contribution is 9.10. The summed E-state index contributed by atoms with van der Waals surface area (Å²) in [5, 5.41) is 11.8. The number of benzene rings is 1. The number of hydrogen-bond donors (Lipinski definition) is 1. The highest BCUT2D eigenvalue weighted by Crippen LogP contribution is 2.37. The quantitative estimate of drug-likeness (QED) is 0.899. The summed E-state index contributed by atoms with van der Waals surface area (Å²) >= 11 is 3.51. The average molecular weight is 350 g/mol. The Morgan fingerprint density at radius 3 is 2.86 bits per heavy atom. The predicted molar refractivity (Wildman–Crippen MR) is 85.7 cm³/mol. The van der Waals surface area contributed by atoms with Crippen LogP contribution < -0.4 is 5.32 Å². The smallest absolute Gasteiger partial charge is 0.248 e. The molecule has 1 saturated carbocycles. The van der Waals surface area contributed by atoms with E-state index in [9.17, 15) is 0 Å². The van der Waals surface area contributed by atoms with Crippen LogP contribution in [0.5, 0.6) is 0 Å². The van der Waals surface area contributed by atoms with Gasteiger partial charge in [0.1, 0.15) is 0 Å². The van der Waals surface area contributed by atoms with Crippen molar-refractivity contribution in [3.05, 3.63) is 34.6 Å². The van der Waals surface area contributed by atoms with Crippen LogP contribution in [0.15, 0.2) is 33.2 Å². The molecule has 1 N–H and O–H groups in total. The van der Waals surface area contributed by atoms with Crippen molar-refractivity contribution in [1.82, 2.24) is 15.5 Å². The second kappa shape index (κ2) is 5.89. The Kier molecular flexibility index (Phi) is 4.13. The van der Waals surface area contributed by atoms with Gasteiger partial charge in [-0.25, -0.2) is 0 Å². The molecule has 2 aromatic rings. The fraction of sp³-hybridized carbons (Fsp3) is 0.500. The zero-order valence-electron chi connectivity index (χ0n) is 12.4. The third-order valence-corrected chi connectivity index (χ3v) is 5.02. The summed E-state index contributed by atoms with van der Waals surface area (Å²) in [5.41, 5.74) is 1.28. The Labute approximate surface area is 133 Å². The van der Waals surface area contributed by atoms with Crippen LogP contribution in [0.2, 0.25) is 0 Å². The normalized spacial score (nSPS) is 20.8. The largest absolute Gasteiger partial charge is 0.419 e. The van der Waals surface area contributed by atoms with Gasteiger partial charge in [0.15, 0.2) is 0 Å². The summed E-state index contributed by atoms with van der Waals surface area (Å²) in [4.78, 5) is 0. The summed E-state index contributed by atoms with van der Waals surface area (Å²) < 4.78 is 6.73. The predicted octanol–water partition coefficient (Wildman–Crippen LogP) is 4.17. The summed E-state index contributed by atoms with van der Waals surface area (Å²) in [5.74, 6) is 1.20. The average Bonchev–Trinajstić information content (AvgIpc) is 3.03. The number of halogens is 1. The van der Waals surface area contributed by atoms with E-state index < -0.39 is 0 Å². The first-order valence-corrected chi connectivity index (χ1v) is 8.16. The first-order valence-electron chi connectivity index (χ1n) is 7.37. The van der Waals surface area contributed by atoms with E-state index in [1.807, 2.05) is 24.3 Å². The van der Waals surface area contributed by atoms with Gasteiger partial charge >= 0.3 is 0 Å². The third kappa shape index (κ3) is 3.19. The maximum Gasteiger partial charge on any atom is 0.248 e. The first kappa shape index (κ1) is 14.7. The minimum absolute atomic E-state index is 0.352. The summed E-state index contributed by atoms with van der Waals surface area (Å²) in [6.07, 6.45) is 3.78. The number of nitrogens with zero attached hydrogens (tertiary/aromatic N) is 2. The second-order valence-corrected chi connectivity index (χ2v) is 7.15. The van der Waals surface area contributed by atoms with Crippen LogP contribution in [0, 0.1) is 5.41 Å². The molecule has 1 atom stereocenters. The SMILES string of the molecule is CC1(C)CCCC1NCc1nnc(-c2ccccc2Br)o1. The lowest BCUT2D eigenvalue weighted by molar-refractivity contribution is 0.275. The van der Waals surface area contributed by atoms with Crippen LogP contribution in [-0.2, 0) is 6.54 Å². The van der Waals surface area contributed by atoms with Gasteiger partial charge in [0.25, 0.3) is 0 Å². The molecule has 0 radical (unpaired) electrons. The Morgan fingerprint density at radius 1 is 1.33 bits per heavy atom. The van der Waals surface area contributed by atoms with Crippen molar-refractivity contribution in [3.8, 4) is 11.5 Å². The molecule has 112 valence electrons. The van der Waals surface area contributed by atoms with Crippen LogP contribution in [0.25, 0.3) is 11.5 Å². The molecule has 5 heteroatoms. The molecule has 1 aliphatic rings. The van der Waals surface area contributed by atoms with Crippen molar-refractivity contribution in [2.45, 2.75) is 45.7 Å². The topological polar surface area (TPSA) is 51.0 Å². The third-order valence-electron chi connectivity index (χ3n) is 4.33. The molecular formula is C16H20BrN3O. The van der Waals surface area contributed by atoms with Gasteiger partial charge < -0.3 is 9.73 Å². The van der Waals surface area contributed by atoms with E-state index in [2.05, 4.69) is 45.3 Å². The second-order valence-electron chi connectivity index (χ2n) is 6.30. The van der Waals surface area contributed by atoms with Crippen LogP contribution in [-0.4, -0.2) is 16.2 Å². The van der Waals surface area contributed by atoms with Gasteiger partial charge in [-0.05, 0) is 46.3 Å². The van der Waals surface area contributed by atoms with E-state index in [4.69, 9.17) is 4.42 Å². The maximum atomic E-state index is 5.76. The highest BCUT2D eigenvalue weighted by atomic mass is 79.9. The van der Waals surface area contributed by atoms with Crippen LogP contribution in [0.1, 0.15) is 39.0 Å². The fourth-order valence-corrected chi connectivity index (χ4v) is 3.44. The standard InChI is InChI=1S/C16H20BrN3O/c1-16(2)9-5-8-13(16)18-10-14-19-20-15(21-14)11-6-3-4-7-12(11)17/h3-4,6-7,13,18H,5,8-10H2,1-2H3. The van der Waals surface area contributed by atoms with Crippen LogP contribution in [0.4, 0.5) is 0 Å². The van der Waals surface area contributed by atoms with E-state index in [1.54, 1.807) is 0 Å². The minimum atomic E-state index is 0.352. The van der Waals surface area contributed by atoms with Gasteiger partial charge in [0, 0.05) is 10.5 Å². The lowest BCUT2D eigenvalue weighted by Crippen LogP contribution is -2.37. The molecule has 0 aliphatic heterocycles. The molecule has 0 amide bonds. The molecule has 1 aromatic carbocycles. The van der Waals surface area contributed by atoms with Crippen molar-refractivity contribution in [2.75, 3.05) is 0 Å². The zero-order chi connectivity index (χ0) is 14.9. The van der Waals surface area contributed by atoms with Crippen LogP contribution >= 0.6 is 15.9 Å². The Hall–Kier alpha value is -1.20. The maximum absolute atomic E-state index is 5.76. The zero-order valence-corrected chi connectivity index (χ0v) is 14.0. The molecule has 1 unspecified atom stereocenters. The molecule has 4 nitrogen and oxygen atoms in total. The Bertz CT molecular complexity index is 623. The van der Waals surface area contributed by atoms with E-state index in [0.717, 1.165) is 10.0 Å². The summed E-state index contributed by atoms with van der Waals surface area (Å²) in [7, 11) is 0. The van der Waals surface area contributed by atoms with Gasteiger partial charge in [-0.15, -0.1) is 10.2 Å².